The number of rotatable bonds is 3. The summed E-state index contributed by atoms with van der Waals surface area (Å²) in [5.74, 6) is 0.658. The molecule has 182 valence electrons. The van der Waals surface area contributed by atoms with E-state index >= 15 is 0 Å². The van der Waals surface area contributed by atoms with Crippen molar-refractivity contribution in [1.29, 1.82) is 0 Å². The fourth-order valence-corrected chi connectivity index (χ4v) is 10.9. The zero-order valence-corrected chi connectivity index (χ0v) is 20.3. The average molecular weight is 464 g/mol. The summed E-state index contributed by atoms with van der Waals surface area (Å²) in [5, 5.41) is 23.2. The van der Waals surface area contributed by atoms with Crippen LogP contribution in [0.15, 0.2) is 42.5 Å². The van der Waals surface area contributed by atoms with Gasteiger partial charge in [-0.3, -0.25) is 4.90 Å². The van der Waals surface area contributed by atoms with Crippen LogP contribution < -0.4 is 0 Å². The lowest BCUT2D eigenvalue weighted by atomic mass is 9.43. The first-order chi connectivity index (χ1) is 16.3. The third-order valence-corrected chi connectivity index (χ3v) is 11.8. The number of fused-ring (bicyclic) bond motifs is 1. The second-order valence-corrected chi connectivity index (χ2v) is 12.6. The highest BCUT2D eigenvalue weighted by atomic mass is 16.5. The third-order valence-electron chi connectivity index (χ3n) is 11.8. The zero-order chi connectivity index (χ0) is 23.6. The van der Waals surface area contributed by atoms with Gasteiger partial charge in [0.15, 0.2) is 0 Å². The Morgan fingerprint density at radius 1 is 1.21 bits per heavy atom. The molecule has 0 radical (unpaired) electrons. The van der Waals surface area contributed by atoms with Crippen LogP contribution in [0.2, 0.25) is 0 Å². The molecule has 1 heterocycles. The Kier molecular flexibility index (Phi) is 4.28. The summed E-state index contributed by atoms with van der Waals surface area (Å²) in [6.45, 7) is 11.2. The minimum Gasteiger partial charge on any atom is -0.454 e. The standard InChI is InChI=1S/C29H37NO4/c1-4-30-15-27(3)11-10-23(32)29-21(27)12-19(24(29)30)28-14-18(20(31)13-22(28)29)16(2)25(28)34-26(33)17-8-6-5-7-9-17/h5-9,18-25,31-32H,2,4,10-15H2,1,3H3/t18-,19+,20+,21-,22-,23+,24?,25-,27+,28+,29+/m1/s1. The first-order valence-electron chi connectivity index (χ1n) is 13.3. The number of carbonyl (C=O) groups excluding carboxylic acids is 1. The Labute approximate surface area is 202 Å². The van der Waals surface area contributed by atoms with E-state index in [1.807, 2.05) is 18.2 Å². The van der Waals surface area contributed by atoms with Gasteiger partial charge in [-0.2, -0.15) is 0 Å². The van der Waals surface area contributed by atoms with E-state index in [9.17, 15) is 15.0 Å². The molecule has 0 amide bonds. The molecule has 1 saturated heterocycles. The first-order valence-corrected chi connectivity index (χ1v) is 13.3. The molecule has 5 heteroatoms. The Hall–Kier alpha value is -1.69. The van der Waals surface area contributed by atoms with Crippen LogP contribution in [-0.4, -0.2) is 58.5 Å². The van der Waals surface area contributed by atoms with Crippen LogP contribution in [0.25, 0.3) is 0 Å². The smallest absolute Gasteiger partial charge is 0.338 e. The monoisotopic (exact) mass is 463 g/mol. The number of hydrogen-bond acceptors (Lipinski definition) is 5. The molecule has 1 unspecified atom stereocenters. The van der Waals surface area contributed by atoms with Gasteiger partial charge in [0.1, 0.15) is 6.10 Å². The van der Waals surface area contributed by atoms with Crippen LogP contribution >= 0.6 is 0 Å². The topological polar surface area (TPSA) is 70.0 Å². The molecule has 5 nitrogen and oxygen atoms in total. The lowest BCUT2D eigenvalue weighted by Gasteiger charge is -2.65. The van der Waals surface area contributed by atoms with Crippen LogP contribution in [0, 0.1) is 39.9 Å². The van der Waals surface area contributed by atoms with E-state index in [-0.39, 0.29) is 40.2 Å². The van der Waals surface area contributed by atoms with Crippen molar-refractivity contribution < 1.29 is 19.7 Å². The molecule has 34 heavy (non-hydrogen) atoms. The summed E-state index contributed by atoms with van der Waals surface area (Å²) >= 11 is 0. The Bertz CT molecular complexity index is 1060. The predicted octanol–water partition coefficient (Wildman–Crippen LogP) is 3.66. The second kappa shape index (κ2) is 6.74. The molecule has 0 aromatic heterocycles. The number of esters is 1. The number of aliphatic hydroxyl groups excluding tert-OH is 2. The van der Waals surface area contributed by atoms with Gasteiger partial charge in [0.05, 0.1) is 17.8 Å². The van der Waals surface area contributed by atoms with Crippen LogP contribution in [0.5, 0.6) is 0 Å². The summed E-state index contributed by atoms with van der Waals surface area (Å²) in [5.41, 5.74) is 1.21. The molecule has 2 spiro atoms. The van der Waals surface area contributed by atoms with Crippen LogP contribution in [0.1, 0.15) is 56.3 Å². The van der Waals surface area contributed by atoms with E-state index in [1.165, 1.54) is 0 Å². The largest absolute Gasteiger partial charge is 0.454 e. The van der Waals surface area contributed by atoms with Gasteiger partial charge in [-0.15, -0.1) is 0 Å². The highest BCUT2D eigenvalue weighted by Gasteiger charge is 2.85. The maximum atomic E-state index is 13.3. The number of nitrogens with zero attached hydrogens (tertiary/aromatic N) is 1. The Morgan fingerprint density at radius 3 is 2.71 bits per heavy atom. The number of hydrogen-bond donors (Lipinski definition) is 2. The summed E-state index contributed by atoms with van der Waals surface area (Å²) in [7, 11) is 0. The van der Waals surface area contributed by atoms with E-state index in [1.54, 1.807) is 12.1 Å². The van der Waals surface area contributed by atoms with Gasteiger partial charge in [-0.25, -0.2) is 4.79 Å². The number of ether oxygens (including phenoxy) is 1. The maximum absolute atomic E-state index is 13.3. The van der Waals surface area contributed by atoms with E-state index in [2.05, 4.69) is 25.3 Å². The minimum absolute atomic E-state index is 0.0254. The van der Waals surface area contributed by atoms with E-state index in [4.69, 9.17) is 4.74 Å². The molecule has 1 aromatic rings. The normalized spacial score (nSPS) is 52.5. The third kappa shape index (κ3) is 2.22. The van der Waals surface area contributed by atoms with Gasteiger partial charge in [0.2, 0.25) is 0 Å². The van der Waals surface area contributed by atoms with Crippen molar-refractivity contribution in [2.75, 3.05) is 13.1 Å². The minimum atomic E-state index is -0.476. The van der Waals surface area contributed by atoms with Crippen LogP contribution in [-0.2, 0) is 4.74 Å². The van der Waals surface area contributed by atoms with Gasteiger partial charge < -0.3 is 14.9 Å². The van der Waals surface area contributed by atoms with E-state index < -0.39 is 12.2 Å². The lowest BCUT2D eigenvalue weighted by molar-refractivity contribution is -0.218. The fraction of sp³-hybridized carbons (Fsp3) is 0.690. The van der Waals surface area contributed by atoms with Crippen molar-refractivity contribution in [3.8, 4) is 0 Å². The number of benzene rings is 1. The summed E-state index contributed by atoms with van der Waals surface area (Å²) < 4.78 is 6.39. The number of likely N-dealkylation sites (tertiary alicyclic amines) is 1. The summed E-state index contributed by atoms with van der Waals surface area (Å²) in [4.78, 5) is 16.0. The molecule has 5 saturated carbocycles. The van der Waals surface area contributed by atoms with Crippen molar-refractivity contribution in [3.63, 3.8) is 0 Å². The Balaban J connectivity index is 1.38. The van der Waals surface area contributed by atoms with Crippen LogP contribution in [0.3, 0.4) is 0 Å². The number of piperidine rings is 1. The zero-order valence-electron chi connectivity index (χ0n) is 20.3. The van der Waals surface area contributed by atoms with E-state index in [0.717, 1.165) is 44.3 Å². The van der Waals surface area contributed by atoms with E-state index in [0.29, 0.717) is 29.9 Å². The first kappa shape index (κ1) is 21.6. The molecule has 1 aliphatic heterocycles. The summed E-state index contributed by atoms with van der Waals surface area (Å²) in [6, 6.07) is 9.53. The van der Waals surface area contributed by atoms with Crippen molar-refractivity contribution in [2.24, 2.45) is 39.9 Å². The van der Waals surface area contributed by atoms with Crippen molar-refractivity contribution >= 4 is 5.97 Å². The molecule has 11 atom stereocenters. The van der Waals surface area contributed by atoms with Gasteiger partial charge in [0.25, 0.3) is 0 Å². The molecule has 1 aromatic carbocycles. The molecular weight excluding hydrogens is 426 g/mol. The maximum Gasteiger partial charge on any atom is 0.338 e. The number of carbonyl (C=O) groups is 1. The van der Waals surface area contributed by atoms with Gasteiger partial charge in [0, 0.05) is 29.3 Å². The molecule has 6 fully saturated rings. The fourth-order valence-electron chi connectivity index (χ4n) is 10.9. The van der Waals surface area contributed by atoms with Gasteiger partial charge in [-0.1, -0.05) is 38.6 Å². The molecule has 7 bridgehead atoms. The Morgan fingerprint density at radius 2 is 1.97 bits per heavy atom. The highest BCUT2D eigenvalue weighted by Crippen LogP contribution is 2.83. The molecular formula is C29H37NO4. The SMILES string of the molecule is C=C1[C@H]2C[C@@]3([C@@H]1OC(=O)c1ccccc1)[C@@H](C[C@@H]2O)[C@@]12C4[C@@H]3C[C@@H]1[C@@](C)(CC[C@@H]2O)CN4CC. The highest BCUT2D eigenvalue weighted by molar-refractivity contribution is 5.89. The molecule has 5 aliphatic carbocycles. The van der Waals surface area contributed by atoms with Gasteiger partial charge in [-0.05, 0) is 79.5 Å². The molecule has 6 aliphatic rings. The van der Waals surface area contributed by atoms with Gasteiger partial charge >= 0.3 is 5.97 Å². The van der Waals surface area contributed by atoms with Crippen molar-refractivity contribution in [3.05, 3.63) is 48.0 Å². The average Bonchev–Trinajstić information content (AvgIpc) is 3.37. The number of aliphatic hydroxyl groups is 2. The van der Waals surface area contributed by atoms with Crippen molar-refractivity contribution in [1.82, 2.24) is 4.90 Å². The van der Waals surface area contributed by atoms with Crippen molar-refractivity contribution in [2.45, 2.75) is 70.3 Å². The molecule has 2 N–H and O–H groups in total. The predicted molar refractivity (Wildman–Crippen MR) is 128 cm³/mol. The van der Waals surface area contributed by atoms with Crippen LogP contribution in [0.4, 0.5) is 0 Å². The summed E-state index contributed by atoms with van der Waals surface area (Å²) in [6.07, 6.45) is 3.31. The molecule has 7 rings (SSSR count). The lowest BCUT2D eigenvalue weighted by Crippen LogP contribution is -2.68. The quantitative estimate of drug-likeness (QED) is 0.529. The second-order valence-electron chi connectivity index (χ2n) is 12.6.